The maximum atomic E-state index is 12.5. The standard InChI is InChI=1S/C20H18N6O3/c1-29-20(28)16-12-25(17-10-6-5-9-15(16)17)13-19(27)21-11-18-22-23-24-26(18)14-7-3-2-4-8-14/h2-10,12H,11,13H2,1H3,(H,21,27). The smallest absolute Gasteiger partial charge is 0.340 e. The molecule has 4 rings (SSSR count). The summed E-state index contributed by atoms with van der Waals surface area (Å²) in [7, 11) is 1.33. The van der Waals surface area contributed by atoms with Crippen LogP contribution in [0.15, 0.2) is 60.8 Å². The fourth-order valence-corrected chi connectivity index (χ4v) is 3.12. The van der Waals surface area contributed by atoms with Gasteiger partial charge in [-0.1, -0.05) is 36.4 Å². The molecule has 1 N–H and O–H groups in total. The van der Waals surface area contributed by atoms with Crippen LogP contribution in [0.1, 0.15) is 16.2 Å². The Kier molecular flexibility index (Phi) is 5.02. The molecule has 0 bridgehead atoms. The van der Waals surface area contributed by atoms with Gasteiger partial charge in [0.25, 0.3) is 0 Å². The second-order valence-electron chi connectivity index (χ2n) is 6.30. The normalized spacial score (nSPS) is 10.8. The van der Waals surface area contributed by atoms with Gasteiger partial charge in [-0.05, 0) is 28.6 Å². The first-order chi connectivity index (χ1) is 14.2. The minimum absolute atomic E-state index is 0.0460. The van der Waals surface area contributed by atoms with E-state index in [1.807, 2.05) is 54.6 Å². The largest absolute Gasteiger partial charge is 0.465 e. The van der Waals surface area contributed by atoms with Crippen LogP contribution in [0.4, 0.5) is 0 Å². The highest BCUT2D eigenvalue weighted by molar-refractivity contribution is 6.04. The van der Waals surface area contributed by atoms with E-state index in [4.69, 9.17) is 4.74 Å². The molecule has 2 aromatic heterocycles. The summed E-state index contributed by atoms with van der Waals surface area (Å²) < 4.78 is 8.13. The zero-order valence-corrected chi connectivity index (χ0v) is 15.6. The highest BCUT2D eigenvalue weighted by Gasteiger charge is 2.17. The van der Waals surface area contributed by atoms with Gasteiger partial charge >= 0.3 is 5.97 Å². The van der Waals surface area contributed by atoms with Gasteiger partial charge in [-0.25, -0.2) is 4.79 Å². The number of hydrogen-bond acceptors (Lipinski definition) is 6. The number of nitrogens with zero attached hydrogens (tertiary/aromatic N) is 5. The van der Waals surface area contributed by atoms with E-state index in [-0.39, 0.29) is 19.0 Å². The van der Waals surface area contributed by atoms with Crippen molar-refractivity contribution in [3.05, 3.63) is 72.2 Å². The number of tetrazole rings is 1. The van der Waals surface area contributed by atoms with Gasteiger partial charge < -0.3 is 14.6 Å². The average Bonchev–Trinajstić information content (AvgIpc) is 3.37. The van der Waals surface area contributed by atoms with Crippen LogP contribution in [0.2, 0.25) is 0 Å². The first kappa shape index (κ1) is 18.4. The highest BCUT2D eigenvalue weighted by atomic mass is 16.5. The van der Waals surface area contributed by atoms with Crippen molar-refractivity contribution in [3.8, 4) is 5.69 Å². The summed E-state index contributed by atoms with van der Waals surface area (Å²) in [6, 6.07) is 16.8. The maximum Gasteiger partial charge on any atom is 0.340 e. The van der Waals surface area contributed by atoms with Crippen molar-refractivity contribution in [3.63, 3.8) is 0 Å². The molecule has 0 aliphatic heterocycles. The van der Waals surface area contributed by atoms with E-state index in [0.29, 0.717) is 11.4 Å². The third-order valence-electron chi connectivity index (χ3n) is 4.49. The summed E-state index contributed by atoms with van der Waals surface area (Å²) in [6.45, 7) is 0.216. The van der Waals surface area contributed by atoms with Crippen LogP contribution in [-0.2, 0) is 22.6 Å². The van der Waals surface area contributed by atoms with Gasteiger partial charge in [0.1, 0.15) is 6.54 Å². The molecule has 4 aromatic rings. The van der Waals surface area contributed by atoms with Crippen LogP contribution in [0.3, 0.4) is 0 Å². The predicted molar refractivity (Wildman–Crippen MR) is 104 cm³/mol. The number of para-hydroxylation sites is 2. The van der Waals surface area contributed by atoms with Gasteiger partial charge in [0.2, 0.25) is 5.91 Å². The van der Waals surface area contributed by atoms with Crippen molar-refractivity contribution in [2.24, 2.45) is 0 Å². The first-order valence-electron chi connectivity index (χ1n) is 8.93. The third-order valence-corrected chi connectivity index (χ3v) is 4.49. The Hall–Kier alpha value is -4.01. The van der Waals surface area contributed by atoms with Gasteiger partial charge in [0, 0.05) is 17.1 Å². The summed E-state index contributed by atoms with van der Waals surface area (Å²) >= 11 is 0. The Morgan fingerprint density at radius 2 is 1.83 bits per heavy atom. The molecule has 2 aromatic carbocycles. The van der Waals surface area contributed by atoms with Crippen molar-refractivity contribution >= 4 is 22.8 Å². The molecule has 0 atom stereocenters. The molecule has 146 valence electrons. The summed E-state index contributed by atoms with van der Waals surface area (Å²) in [6.07, 6.45) is 1.63. The monoisotopic (exact) mass is 390 g/mol. The van der Waals surface area contributed by atoms with Gasteiger partial charge in [-0.2, -0.15) is 4.68 Å². The van der Waals surface area contributed by atoms with E-state index >= 15 is 0 Å². The van der Waals surface area contributed by atoms with E-state index in [2.05, 4.69) is 20.8 Å². The van der Waals surface area contributed by atoms with E-state index in [0.717, 1.165) is 16.6 Å². The Labute approximate surface area is 165 Å². The molecule has 0 fully saturated rings. The summed E-state index contributed by atoms with van der Waals surface area (Å²) in [5.41, 5.74) is 2.00. The molecule has 0 saturated heterocycles. The molecule has 0 saturated carbocycles. The second kappa shape index (κ2) is 7.93. The first-order valence-corrected chi connectivity index (χ1v) is 8.93. The fraction of sp³-hybridized carbons (Fsp3) is 0.150. The zero-order chi connectivity index (χ0) is 20.2. The number of nitrogens with one attached hydrogen (secondary N) is 1. The number of amides is 1. The number of carbonyl (C=O) groups excluding carboxylic acids is 2. The molecule has 29 heavy (non-hydrogen) atoms. The van der Waals surface area contributed by atoms with E-state index in [9.17, 15) is 9.59 Å². The van der Waals surface area contributed by atoms with Crippen LogP contribution < -0.4 is 5.32 Å². The lowest BCUT2D eigenvalue weighted by Crippen LogP contribution is -2.28. The van der Waals surface area contributed by atoms with Crippen LogP contribution >= 0.6 is 0 Å². The topological polar surface area (TPSA) is 104 Å². The van der Waals surface area contributed by atoms with Crippen LogP contribution in [0.25, 0.3) is 16.6 Å². The minimum atomic E-state index is -0.442. The van der Waals surface area contributed by atoms with E-state index < -0.39 is 5.97 Å². The summed E-state index contributed by atoms with van der Waals surface area (Å²) in [5, 5.41) is 15.2. The second-order valence-corrected chi connectivity index (χ2v) is 6.30. The molecule has 2 heterocycles. The number of ether oxygens (including phenoxy) is 1. The van der Waals surface area contributed by atoms with Crippen molar-refractivity contribution in [2.75, 3.05) is 7.11 Å². The lowest BCUT2D eigenvalue weighted by atomic mass is 10.2. The molecule has 1 amide bonds. The summed E-state index contributed by atoms with van der Waals surface area (Å²) in [5.74, 6) is -0.163. The molecular weight excluding hydrogens is 372 g/mol. The Morgan fingerprint density at radius 3 is 2.62 bits per heavy atom. The minimum Gasteiger partial charge on any atom is -0.465 e. The van der Waals surface area contributed by atoms with E-state index in [1.165, 1.54) is 7.11 Å². The number of fused-ring (bicyclic) bond motifs is 1. The van der Waals surface area contributed by atoms with E-state index in [1.54, 1.807) is 15.4 Å². The van der Waals surface area contributed by atoms with Crippen molar-refractivity contribution in [2.45, 2.75) is 13.1 Å². The number of rotatable bonds is 6. The Morgan fingerprint density at radius 1 is 1.07 bits per heavy atom. The molecule has 9 heteroatoms. The molecule has 0 aliphatic carbocycles. The average molecular weight is 390 g/mol. The van der Waals surface area contributed by atoms with Crippen molar-refractivity contribution < 1.29 is 14.3 Å². The molecule has 9 nitrogen and oxygen atoms in total. The highest BCUT2D eigenvalue weighted by Crippen LogP contribution is 2.22. The number of benzene rings is 2. The predicted octanol–water partition coefficient (Wildman–Crippen LogP) is 1.72. The molecule has 0 radical (unpaired) electrons. The summed E-state index contributed by atoms with van der Waals surface area (Å²) in [4.78, 5) is 24.5. The van der Waals surface area contributed by atoms with Crippen LogP contribution in [-0.4, -0.2) is 43.8 Å². The van der Waals surface area contributed by atoms with Gasteiger partial charge in [-0.15, -0.1) is 5.10 Å². The number of hydrogen-bond donors (Lipinski definition) is 1. The lowest BCUT2D eigenvalue weighted by Gasteiger charge is -2.08. The maximum absolute atomic E-state index is 12.5. The molecule has 0 aliphatic rings. The quantitative estimate of drug-likeness (QED) is 0.503. The number of esters is 1. The van der Waals surface area contributed by atoms with Gasteiger partial charge in [0.05, 0.1) is 24.9 Å². The van der Waals surface area contributed by atoms with Gasteiger partial charge in [0.15, 0.2) is 5.82 Å². The lowest BCUT2D eigenvalue weighted by molar-refractivity contribution is -0.121. The molecule has 0 unspecified atom stereocenters. The van der Waals surface area contributed by atoms with Crippen molar-refractivity contribution in [1.82, 2.24) is 30.1 Å². The van der Waals surface area contributed by atoms with Crippen molar-refractivity contribution in [1.29, 1.82) is 0 Å². The van der Waals surface area contributed by atoms with Crippen LogP contribution in [0.5, 0.6) is 0 Å². The number of aromatic nitrogens is 5. The molecular formula is C20H18N6O3. The fourth-order valence-electron chi connectivity index (χ4n) is 3.12. The Balaban J connectivity index is 1.49. The number of methoxy groups -OCH3 is 1. The zero-order valence-electron chi connectivity index (χ0n) is 15.6. The SMILES string of the molecule is COC(=O)c1cn(CC(=O)NCc2nnnn2-c2ccccc2)c2ccccc12. The number of carbonyl (C=O) groups is 2. The van der Waals surface area contributed by atoms with Crippen LogP contribution in [0, 0.1) is 0 Å². The molecule has 0 spiro atoms. The van der Waals surface area contributed by atoms with Gasteiger partial charge in [-0.3, -0.25) is 4.79 Å². The third kappa shape index (κ3) is 3.70. The Bertz CT molecular complexity index is 1170.